The number of rotatable bonds is 3. The molecule has 0 aliphatic carbocycles. The first kappa shape index (κ1) is 11.3. The molecule has 0 aliphatic rings. The van der Waals surface area contributed by atoms with Crippen molar-refractivity contribution in [3.05, 3.63) is 40.4 Å². The lowest BCUT2D eigenvalue weighted by molar-refractivity contribution is 0.753. The summed E-state index contributed by atoms with van der Waals surface area (Å²) in [5.74, 6) is 0.469. The van der Waals surface area contributed by atoms with E-state index in [0.717, 1.165) is 10.6 Å². The van der Waals surface area contributed by atoms with Crippen LogP contribution in [0.4, 0.5) is 0 Å². The van der Waals surface area contributed by atoms with E-state index in [9.17, 15) is 0 Å². The van der Waals surface area contributed by atoms with Gasteiger partial charge in [0.05, 0.1) is 0 Å². The van der Waals surface area contributed by atoms with Crippen molar-refractivity contribution in [2.24, 2.45) is 11.7 Å². The van der Waals surface area contributed by atoms with Crippen LogP contribution in [0.5, 0.6) is 0 Å². The van der Waals surface area contributed by atoms with Gasteiger partial charge in [0.25, 0.3) is 0 Å². The van der Waals surface area contributed by atoms with Crippen LogP contribution >= 0.6 is 11.6 Å². The van der Waals surface area contributed by atoms with Gasteiger partial charge in [0.15, 0.2) is 0 Å². The Kier molecular flexibility index (Phi) is 4.18. The third-order valence-electron chi connectivity index (χ3n) is 2.22. The Balaban J connectivity index is 3.00. The molecule has 76 valence electrons. The molecule has 2 heteroatoms. The predicted molar refractivity (Wildman–Crippen MR) is 63.3 cm³/mol. The smallest absolute Gasteiger partial charge is 0.0478 e. The van der Waals surface area contributed by atoms with Crippen LogP contribution in [0.25, 0.3) is 6.08 Å². The average Bonchev–Trinajstić information content (AvgIpc) is 2.16. The van der Waals surface area contributed by atoms with Gasteiger partial charge in [-0.2, -0.15) is 0 Å². The molecule has 1 aromatic rings. The van der Waals surface area contributed by atoms with E-state index in [1.54, 1.807) is 0 Å². The lowest BCUT2D eigenvalue weighted by Gasteiger charge is -2.09. The van der Waals surface area contributed by atoms with Crippen LogP contribution < -0.4 is 5.73 Å². The molecule has 1 aromatic carbocycles. The van der Waals surface area contributed by atoms with E-state index >= 15 is 0 Å². The topological polar surface area (TPSA) is 26.0 Å². The molecule has 2 N–H and O–H groups in total. The van der Waals surface area contributed by atoms with E-state index in [2.05, 4.69) is 19.9 Å². The van der Waals surface area contributed by atoms with Crippen LogP contribution in [0.2, 0.25) is 5.02 Å². The normalized spacial score (nSPS) is 12.2. The zero-order chi connectivity index (χ0) is 10.6. The van der Waals surface area contributed by atoms with Crippen LogP contribution in [0.3, 0.4) is 0 Å². The summed E-state index contributed by atoms with van der Waals surface area (Å²) in [4.78, 5) is 0. The summed E-state index contributed by atoms with van der Waals surface area (Å²) in [5, 5.41) is 0.777. The van der Waals surface area contributed by atoms with Gasteiger partial charge < -0.3 is 5.73 Å². The van der Waals surface area contributed by atoms with E-state index < -0.39 is 0 Å². The highest BCUT2D eigenvalue weighted by Gasteiger charge is 2.02. The maximum absolute atomic E-state index is 6.04. The molecule has 1 nitrogen and oxygen atoms in total. The highest BCUT2D eigenvalue weighted by molar-refractivity contribution is 6.32. The second-order valence-corrected chi connectivity index (χ2v) is 4.01. The van der Waals surface area contributed by atoms with Gasteiger partial charge in [0, 0.05) is 11.6 Å². The van der Waals surface area contributed by atoms with Crippen molar-refractivity contribution in [2.45, 2.75) is 13.8 Å². The molecular weight excluding hydrogens is 194 g/mol. The summed E-state index contributed by atoms with van der Waals surface area (Å²) >= 11 is 6.04. The molecule has 0 aromatic heterocycles. The second-order valence-electron chi connectivity index (χ2n) is 3.60. The Morgan fingerprint density at radius 1 is 1.43 bits per heavy atom. The number of benzene rings is 1. The number of hydrogen-bond acceptors (Lipinski definition) is 1. The Morgan fingerprint density at radius 3 is 2.57 bits per heavy atom. The first-order valence-corrected chi connectivity index (χ1v) is 5.18. The number of hydrogen-bond donors (Lipinski definition) is 1. The van der Waals surface area contributed by atoms with Crippen LogP contribution in [-0.4, -0.2) is 6.54 Å². The van der Waals surface area contributed by atoms with E-state index in [1.165, 1.54) is 5.57 Å². The van der Waals surface area contributed by atoms with Gasteiger partial charge in [0.2, 0.25) is 0 Å². The largest absolute Gasteiger partial charge is 0.327 e. The van der Waals surface area contributed by atoms with E-state index in [0.29, 0.717) is 12.5 Å². The van der Waals surface area contributed by atoms with Crippen molar-refractivity contribution < 1.29 is 0 Å². The highest BCUT2D eigenvalue weighted by Crippen LogP contribution is 2.20. The summed E-state index contributed by atoms with van der Waals surface area (Å²) in [7, 11) is 0. The highest BCUT2D eigenvalue weighted by atomic mass is 35.5. The summed E-state index contributed by atoms with van der Waals surface area (Å²) in [6, 6.07) is 7.80. The van der Waals surface area contributed by atoms with E-state index in [4.69, 9.17) is 17.3 Å². The molecule has 0 fully saturated rings. The van der Waals surface area contributed by atoms with Crippen molar-refractivity contribution >= 4 is 17.7 Å². The molecule has 0 atom stereocenters. The fourth-order valence-electron chi connectivity index (χ4n) is 1.25. The Bertz CT molecular complexity index is 329. The third-order valence-corrected chi connectivity index (χ3v) is 2.57. The van der Waals surface area contributed by atoms with E-state index in [-0.39, 0.29) is 0 Å². The fourth-order valence-corrected chi connectivity index (χ4v) is 1.44. The molecule has 0 aliphatic heterocycles. The van der Waals surface area contributed by atoms with Gasteiger partial charge in [-0.1, -0.05) is 55.3 Å². The SMILES string of the molecule is CC(C)C(=Cc1ccccc1Cl)CN. The zero-order valence-corrected chi connectivity index (χ0v) is 9.38. The first-order chi connectivity index (χ1) is 6.65. The Labute approximate surface area is 90.6 Å². The minimum absolute atomic E-state index is 0.469. The van der Waals surface area contributed by atoms with Gasteiger partial charge >= 0.3 is 0 Å². The summed E-state index contributed by atoms with van der Waals surface area (Å²) in [5.41, 5.74) is 7.93. The lowest BCUT2D eigenvalue weighted by atomic mass is 10.0. The summed E-state index contributed by atoms with van der Waals surface area (Å²) in [6.07, 6.45) is 2.08. The fraction of sp³-hybridized carbons (Fsp3) is 0.333. The quantitative estimate of drug-likeness (QED) is 0.812. The van der Waals surface area contributed by atoms with Crippen LogP contribution in [0.15, 0.2) is 29.8 Å². The van der Waals surface area contributed by atoms with Crippen molar-refractivity contribution in [1.82, 2.24) is 0 Å². The molecule has 14 heavy (non-hydrogen) atoms. The van der Waals surface area contributed by atoms with E-state index in [1.807, 2.05) is 24.3 Å². The van der Waals surface area contributed by atoms with Gasteiger partial charge in [-0.15, -0.1) is 0 Å². The van der Waals surface area contributed by atoms with Crippen molar-refractivity contribution in [3.63, 3.8) is 0 Å². The Hall–Kier alpha value is -0.790. The first-order valence-electron chi connectivity index (χ1n) is 4.80. The third kappa shape index (κ3) is 2.86. The maximum Gasteiger partial charge on any atom is 0.0478 e. The minimum Gasteiger partial charge on any atom is -0.327 e. The summed E-state index contributed by atoms with van der Waals surface area (Å²) < 4.78 is 0. The molecule has 0 saturated carbocycles. The maximum atomic E-state index is 6.04. The molecule has 1 rings (SSSR count). The molecule has 0 amide bonds. The molecular formula is C12H16ClN. The van der Waals surface area contributed by atoms with Gasteiger partial charge in [0.1, 0.15) is 0 Å². The van der Waals surface area contributed by atoms with Crippen molar-refractivity contribution in [1.29, 1.82) is 0 Å². The van der Waals surface area contributed by atoms with Gasteiger partial charge in [-0.25, -0.2) is 0 Å². The number of nitrogens with two attached hydrogens (primary N) is 1. The van der Waals surface area contributed by atoms with Gasteiger partial charge in [-0.3, -0.25) is 0 Å². The van der Waals surface area contributed by atoms with Crippen LogP contribution in [0.1, 0.15) is 19.4 Å². The monoisotopic (exact) mass is 209 g/mol. The van der Waals surface area contributed by atoms with Crippen LogP contribution in [0, 0.1) is 5.92 Å². The zero-order valence-electron chi connectivity index (χ0n) is 8.63. The Morgan fingerprint density at radius 2 is 2.07 bits per heavy atom. The number of halogens is 1. The standard InChI is InChI=1S/C12H16ClN/c1-9(2)11(8-14)7-10-5-3-4-6-12(10)13/h3-7,9H,8,14H2,1-2H3. The van der Waals surface area contributed by atoms with Crippen molar-refractivity contribution in [3.8, 4) is 0 Å². The summed E-state index contributed by atoms with van der Waals surface area (Å²) in [6.45, 7) is 4.86. The molecule has 0 heterocycles. The average molecular weight is 210 g/mol. The molecule has 0 saturated heterocycles. The molecule has 0 spiro atoms. The minimum atomic E-state index is 0.469. The molecule has 0 unspecified atom stereocenters. The lowest BCUT2D eigenvalue weighted by Crippen LogP contribution is -2.08. The molecule has 0 bridgehead atoms. The molecule has 0 radical (unpaired) electrons. The predicted octanol–water partition coefficient (Wildman–Crippen LogP) is 3.34. The van der Waals surface area contributed by atoms with Crippen molar-refractivity contribution in [2.75, 3.05) is 6.54 Å². The second kappa shape index (κ2) is 5.18. The van der Waals surface area contributed by atoms with Crippen LogP contribution in [-0.2, 0) is 0 Å². The van der Waals surface area contributed by atoms with Gasteiger partial charge in [-0.05, 0) is 17.5 Å².